The molecule has 0 saturated carbocycles. The molecular weight excluding hydrogens is 273 g/mol. The van der Waals surface area contributed by atoms with Crippen molar-refractivity contribution in [1.29, 1.82) is 0 Å². The largest absolute Gasteiger partial charge is 0.481 e. The molecular formula is C9H9F3N2O3S. The molecule has 18 heavy (non-hydrogen) atoms. The minimum Gasteiger partial charge on any atom is -0.481 e. The Labute approximate surface area is 104 Å². The first-order valence-corrected chi connectivity index (χ1v) is 5.65. The number of carbonyl (C=O) groups is 2. The number of aliphatic carboxylic acids is 1. The van der Waals surface area contributed by atoms with Gasteiger partial charge in [0.2, 0.25) is 5.91 Å². The lowest BCUT2D eigenvalue weighted by Gasteiger charge is -2.01. The number of carbonyl (C=O) groups excluding carboxylic acids is 1. The molecule has 1 aromatic rings. The van der Waals surface area contributed by atoms with Gasteiger partial charge in [-0.3, -0.25) is 9.59 Å². The molecule has 0 aliphatic carbocycles. The fraction of sp³-hybridized carbons (Fsp3) is 0.444. The summed E-state index contributed by atoms with van der Waals surface area (Å²) in [6.07, 6.45) is -3.97. The van der Waals surface area contributed by atoms with Crippen LogP contribution >= 0.6 is 11.3 Å². The molecule has 1 heterocycles. The smallest absolute Gasteiger partial charge is 0.427 e. The number of hydrogen-bond donors (Lipinski definition) is 2. The van der Waals surface area contributed by atoms with E-state index in [0.29, 0.717) is 17.5 Å². The number of rotatable bonds is 5. The molecule has 0 bridgehead atoms. The van der Waals surface area contributed by atoms with Crippen LogP contribution in [-0.4, -0.2) is 22.0 Å². The van der Waals surface area contributed by atoms with Crippen LogP contribution in [0.4, 0.5) is 18.3 Å². The Balaban J connectivity index is 2.45. The van der Waals surface area contributed by atoms with Crippen molar-refractivity contribution in [2.45, 2.75) is 25.4 Å². The summed E-state index contributed by atoms with van der Waals surface area (Å²) in [5.74, 6) is -1.59. The Bertz CT molecular complexity index is 445. The molecule has 5 nitrogen and oxygen atoms in total. The minimum atomic E-state index is -4.48. The number of aromatic nitrogens is 1. The predicted molar refractivity (Wildman–Crippen MR) is 57.2 cm³/mol. The van der Waals surface area contributed by atoms with Crippen molar-refractivity contribution in [2.24, 2.45) is 0 Å². The molecule has 0 unspecified atom stereocenters. The Hall–Kier alpha value is -1.64. The standard InChI is InChI=1S/C9H9F3N2O3S/c10-9(11,12)5-4-13-8(18-5)14-6(15)2-1-3-7(16)17/h4H,1-3H2,(H,16,17)(H,13,14,15). The average Bonchev–Trinajstić information content (AvgIpc) is 2.64. The van der Waals surface area contributed by atoms with Gasteiger partial charge in [-0.15, -0.1) is 0 Å². The summed E-state index contributed by atoms with van der Waals surface area (Å²) in [6.45, 7) is 0. The third-order valence-corrected chi connectivity index (χ3v) is 2.78. The van der Waals surface area contributed by atoms with Crippen molar-refractivity contribution in [2.75, 3.05) is 5.32 Å². The normalized spacial score (nSPS) is 11.3. The van der Waals surface area contributed by atoms with E-state index in [0.717, 1.165) is 0 Å². The third kappa shape index (κ3) is 4.70. The number of halogens is 3. The van der Waals surface area contributed by atoms with E-state index in [2.05, 4.69) is 10.3 Å². The van der Waals surface area contributed by atoms with Gasteiger partial charge in [0.15, 0.2) is 5.13 Å². The maximum absolute atomic E-state index is 12.2. The van der Waals surface area contributed by atoms with E-state index in [1.54, 1.807) is 0 Å². The van der Waals surface area contributed by atoms with E-state index in [1.165, 1.54) is 0 Å². The number of carboxylic acids is 1. The molecule has 0 atom stereocenters. The monoisotopic (exact) mass is 282 g/mol. The first kappa shape index (κ1) is 14.4. The van der Waals surface area contributed by atoms with Gasteiger partial charge in [0.25, 0.3) is 0 Å². The summed E-state index contributed by atoms with van der Waals surface area (Å²) >= 11 is 0.324. The average molecular weight is 282 g/mol. The van der Waals surface area contributed by atoms with Gasteiger partial charge in [0.1, 0.15) is 4.88 Å². The molecule has 0 fully saturated rings. The predicted octanol–water partition coefficient (Wildman–Crippen LogP) is 2.36. The maximum Gasteiger partial charge on any atom is 0.427 e. The molecule has 0 spiro atoms. The van der Waals surface area contributed by atoms with Gasteiger partial charge < -0.3 is 10.4 Å². The number of carboxylic acid groups (broad SMARTS) is 1. The summed E-state index contributed by atoms with van der Waals surface area (Å²) in [5, 5.41) is 10.4. The highest BCUT2D eigenvalue weighted by molar-refractivity contribution is 7.15. The lowest BCUT2D eigenvalue weighted by Crippen LogP contribution is -2.11. The zero-order chi connectivity index (χ0) is 13.8. The van der Waals surface area contributed by atoms with Crippen LogP contribution in [0.25, 0.3) is 0 Å². The van der Waals surface area contributed by atoms with Gasteiger partial charge in [-0.2, -0.15) is 13.2 Å². The molecule has 0 aliphatic rings. The summed E-state index contributed by atoms with van der Waals surface area (Å²) < 4.78 is 36.7. The van der Waals surface area contributed by atoms with E-state index in [-0.39, 0.29) is 24.4 Å². The summed E-state index contributed by atoms with van der Waals surface area (Å²) in [7, 11) is 0. The number of hydrogen-bond acceptors (Lipinski definition) is 4. The number of amides is 1. The number of nitrogens with zero attached hydrogens (tertiary/aromatic N) is 1. The van der Waals surface area contributed by atoms with Crippen LogP contribution in [0, 0.1) is 0 Å². The molecule has 1 amide bonds. The lowest BCUT2D eigenvalue weighted by atomic mass is 10.2. The van der Waals surface area contributed by atoms with E-state index in [1.807, 2.05) is 0 Å². The summed E-state index contributed by atoms with van der Waals surface area (Å²) in [6, 6.07) is 0. The molecule has 1 aromatic heterocycles. The second-order valence-corrected chi connectivity index (χ2v) is 4.35. The van der Waals surface area contributed by atoms with Gasteiger partial charge in [0, 0.05) is 12.8 Å². The molecule has 0 radical (unpaired) electrons. The highest BCUT2D eigenvalue weighted by Crippen LogP contribution is 2.34. The van der Waals surface area contributed by atoms with Gasteiger partial charge >= 0.3 is 12.1 Å². The van der Waals surface area contributed by atoms with Crippen molar-refractivity contribution in [1.82, 2.24) is 4.98 Å². The third-order valence-electron chi connectivity index (χ3n) is 1.83. The van der Waals surface area contributed by atoms with Gasteiger partial charge in [0.05, 0.1) is 6.20 Å². The van der Waals surface area contributed by atoms with Gasteiger partial charge in [-0.1, -0.05) is 11.3 Å². The molecule has 100 valence electrons. The van der Waals surface area contributed by atoms with E-state index in [4.69, 9.17) is 5.11 Å². The molecule has 2 N–H and O–H groups in total. The highest BCUT2D eigenvalue weighted by atomic mass is 32.1. The van der Waals surface area contributed by atoms with Crippen LogP contribution < -0.4 is 5.32 Å². The first-order chi connectivity index (χ1) is 8.29. The SMILES string of the molecule is O=C(O)CCCC(=O)Nc1ncc(C(F)(F)F)s1. The Morgan fingerprint density at radius 1 is 1.39 bits per heavy atom. The molecule has 1 rings (SSSR count). The first-order valence-electron chi connectivity index (χ1n) is 4.83. The molecule has 0 aromatic carbocycles. The fourth-order valence-electron chi connectivity index (χ4n) is 1.04. The van der Waals surface area contributed by atoms with Crippen molar-refractivity contribution in [3.05, 3.63) is 11.1 Å². The molecule has 9 heteroatoms. The van der Waals surface area contributed by atoms with Gasteiger partial charge in [-0.05, 0) is 6.42 Å². The van der Waals surface area contributed by atoms with Crippen molar-refractivity contribution in [3.63, 3.8) is 0 Å². The Kier molecular flexibility index (Phi) is 4.65. The number of alkyl halides is 3. The summed E-state index contributed by atoms with van der Waals surface area (Å²) in [4.78, 5) is 23.9. The van der Waals surface area contributed by atoms with Crippen molar-refractivity contribution in [3.8, 4) is 0 Å². The summed E-state index contributed by atoms with van der Waals surface area (Å²) in [5.41, 5.74) is 0. The van der Waals surface area contributed by atoms with E-state index >= 15 is 0 Å². The molecule has 0 saturated heterocycles. The Morgan fingerprint density at radius 2 is 2.06 bits per heavy atom. The van der Waals surface area contributed by atoms with Crippen LogP contribution in [0.15, 0.2) is 6.20 Å². The van der Waals surface area contributed by atoms with Crippen LogP contribution in [0.1, 0.15) is 24.1 Å². The minimum absolute atomic E-state index is 0.0762. The number of anilines is 1. The van der Waals surface area contributed by atoms with Crippen LogP contribution in [0.2, 0.25) is 0 Å². The highest BCUT2D eigenvalue weighted by Gasteiger charge is 2.33. The van der Waals surface area contributed by atoms with E-state index < -0.39 is 22.9 Å². The second-order valence-electron chi connectivity index (χ2n) is 3.32. The number of nitrogens with one attached hydrogen (secondary N) is 1. The Morgan fingerprint density at radius 3 is 2.56 bits per heavy atom. The molecule has 0 aliphatic heterocycles. The van der Waals surface area contributed by atoms with Crippen molar-refractivity contribution >= 4 is 28.3 Å². The number of thiazole rings is 1. The van der Waals surface area contributed by atoms with Crippen LogP contribution in [0.3, 0.4) is 0 Å². The zero-order valence-corrected chi connectivity index (χ0v) is 9.77. The topological polar surface area (TPSA) is 79.3 Å². The fourth-order valence-corrected chi connectivity index (χ4v) is 1.74. The van der Waals surface area contributed by atoms with Crippen LogP contribution in [-0.2, 0) is 15.8 Å². The van der Waals surface area contributed by atoms with Crippen molar-refractivity contribution < 1.29 is 27.9 Å². The van der Waals surface area contributed by atoms with Crippen LogP contribution in [0.5, 0.6) is 0 Å². The zero-order valence-electron chi connectivity index (χ0n) is 8.95. The van der Waals surface area contributed by atoms with E-state index in [9.17, 15) is 22.8 Å². The van der Waals surface area contributed by atoms with Gasteiger partial charge in [-0.25, -0.2) is 4.98 Å². The quantitative estimate of drug-likeness (QED) is 0.868. The lowest BCUT2D eigenvalue weighted by molar-refractivity contribution is -0.137. The second kappa shape index (κ2) is 5.80. The maximum atomic E-state index is 12.2.